The first-order chi connectivity index (χ1) is 17.7. The van der Waals surface area contributed by atoms with Crippen molar-refractivity contribution in [3.63, 3.8) is 0 Å². The number of nitrogen functional groups attached to an aromatic ring is 1. The summed E-state index contributed by atoms with van der Waals surface area (Å²) in [4.78, 5) is 22.4. The topological polar surface area (TPSA) is 95.1 Å². The number of nitrogens with one attached hydrogen (secondary N) is 1. The molecule has 2 aromatic carbocycles. The number of benzene rings is 2. The van der Waals surface area contributed by atoms with E-state index in [2.05, 4.69) is 45.2 Å². The van der Waals surface area contributed by atoms with Crippen LogP contribution >= 0.6 is 0 Å². The molecule has 0 radical (unpaired) electrons. The average molecular weight is 486 g/mol. The minimum absolute atomic E-state index is 0.0764. The molecule has 3 N–H and O–H groups in total. The van der Waals surface area contributed by atoms with Crippen LogP contribution in [0.3, 0.4) is 0 Å². The summed E-state index contributed by atoms with van der Waals surface area (Å²) in [6.07, 6.45) is 5.70. The molecule has 0 aliphatic heterocycles. The van der Waals surface area contributed by atoms with Crippen LogP contribution in [0.15, 0.2) is 54.6 Å². The maximum absolute atomic E-state index is 13.0. The highest BCUT2D eigenvalue weighted by Gasteiger charge is 2.33. The van der Waals surface area contributed by atoms with Crippen molar-refractivity contribution in [3.05, 3.63) is 66.0 Å². The lowest BCUT2D eigenvalue weighted by Crippen LogP contribution is -2.32. The standard InChI is InChI=1S/C29H35N5O2/c1-36-19-16-25-33-26-27(23-12-5-6-15-24(23)32-28(26)30)34(25)18-8-7-17-31-29(35)22-14-9-13-21(22)20-10-3-2-4-11-20/h2-6,10-12,15,21-22H,7-9,13-14,16-19H2,1H3,(H2,30,32)(H,31,35)/t21-,22+/m0/s1. The van der Waals surface area contributed by atoms with Crippen LogP contribution < -0.4 is 11.1 Å². The van der Waals surface area contributed by atoms with Crippen molar-refractivity contribution < 1.29 is 9.53 Å². The van der Waals surface area contributed by atoms with Gasteiger partial charge in [-0.05, 0) is 43.2 Å². The molecule has 188 valence electrons. The van der Waals surface area contributed by atoms with Gasteiger partial charge >= 0.3 is 0 Å². The Kier molecular flexibility index (Phi) is 7.47. The Labute approximate surface area is 212 Å². The van der Waals surface area contributed by atoms with Gasteiger partial charge in [0.25, 0.3) is 0 Å². The Hall–Kier alpha value is -3.45. The molecule has 36 heavy (non-hydrogen) atoms. The van der Waals surface area contributed by atoms with E-state index in [1.54, 1.807) is 7.11 Å². The maximum atomic E-state index is 13.0. The van der Waals surface area contributed by atoms with Crippen LogP contribution in [0.25, 0.3) is 21.9 Å². The fourth-order valence-corrected chi connectivity index (χ4v) is 5.64. The van der Waals surface area contributed by atoms with Gasteiger partial charge in [0.1, 0.15) is 11.3 Å². The minimum atomic E-state index is 0.0764. The summed E-state index contributed by atoms with van der Waals surface area (Å²) in [5.41, 5.74) is 10.2. The molecule has 0 saturated heterocycles. The smallest absolute Gasteiger partial charge is 0.223 e. The lowest BCUT2D eigenvalue weighted by Gasteiger charge is -2.19. The predicted octanol–water partition coefficient (Wildman–Crippen LogP) is 4.84. The monoisotopic (exact) mass is 485 g/mol. The molecular formula is C29H35N5O2. The van der Waals surface area contributed by atoms with Crippen molar-refractivity contribution in [3.8, 4) is 0 Å². The van der Waals surface area contributed by atoms with Gasteiger partial charge in [-0.15, -0.1) is 0 Å². The van der Waals surface area contributed by atoms with Gasteiger partial charge < -0.3 is 20.4 Å². The molecule has 1 aliphatic rings. The van der Waals surface area contributed by atoms with Crippen molar-refractivity contribution in [2.24, 2.45) is 5.92 Å². The van der Waals surface area contributed by atoms with Crippen molar-refractivity contribution in [2.75, 3.05) is 26.0 Å². The highest BCUT2D eigenvalue weighted by atomic mass is 16.5. The van der Waals surface area contributed by atoms with E-state index in [1.807, 2.05) is 24.3 Å². The fourth-order valence-electron chi connectivity index (χ4n) is 5.64. The number of hydrogen-bond donors (Lipinski definition) is 2. The first-order valence-corrected chi connectivity index (χ1v) is 13.0. The number of rotatable bonds is 10. The second-order valence-corrected chi connectivity index (χ2v) is 9.69. The summed E-state index contributed by atoms with van der Waals surface area (Å²) in [5, 5.41) is 4.27. The summed E-state index contributed by atoms with van der Waals surface area (Å²) in [5.74, 6) is 2.02. The van der Waals surface area contributed by atoms with E-state index < -0.39 is 0 Å². The number of pyridine rings is 1. The van der Waals surface area contributed by atoms with Crippen molar-refractivity contribution in [1.29, 1.82) is 0 Å². The van der Waals surface area contributed by atoms with Crippen molar-refractivity contribution in [2.45, 2.75) is 51.0 Å². The first kappa shape index (κ1) is 24.3. The van der Waals surface area contributed by atoms with Gasteiger partial charge in [-0.2, -0.15) is 0 Å². The van der Waals surface area contributed by atoms with Crippen LogP contribution in [-0.2, 0) is 22.5 Å². The maximum Gasteiger partial charge on any atom is 0.223 e. The number of aromatic nitrogens is 3. The van der Waals surface area contributed by atoms with Crippen LogP contribution in [0, 0.1) is 5.92 Å². The summed E-state index contributed by atoms with van der Waals surface area (Å²) in [6.45, 7) is 2.07. The molecule has 2 atom stereocenters. The zero-order valence-corrected chi connectivity index (χ0v) is 21.0. The molecular weight excluding hydrogens is 450 g/mol. The van der Waals surface area contributed by atoms with Crippen LogP contribution in [0.5, 0.6) is 0 Å². The molecule has 4 aromatic rings. The molecule has 0 spiro atoms. The number of unbranched alkanes of at least 4 members (excludes halogenated alkanes) is 1. The summed E-state index contributed by atoms with van der Waals surface area (Å²) >= 11 is 0. The number of para-hydroxylation sites is 1. The quantitative estimate of drug-likeness (QED) is 0.314. The Bertz CT molecular complexity index is 1330. The zero-order chi connectivity index (χ0) is 24.9. The SMILES string of the molecule is COCCc1nc2c(N)nc3ccccc3c2n1CCCCNC(=O)[C@@H]1CCC[C@H]1c1ccccc1. The zero-order valence-electron chi connectivity index (χ0n) is 21.0. The van der Waals surface area contributed by atoms with Gasteiger partial charge in [-0.3, -0.25) is 4.79 Å². The van der Waals surface area contributed by atoms with Gasteiger partial charge in [0.15, 0.2) is 5.82 Å². The number of aryl methyl sites for hydroxylation is 1. The molecule has 2 aromatic heterocycles. The van der Waals surface area contributed by atoms with E-state index in [-0.39, 0.29) is 11.8 Å². The Morgan fingerprint density at radius 1 is 1.08 bits per heavy atom. The number of anilines is 1. The summed E-state index contributed by atoms with van der Waals surface area (Å²) in [7, 11) is 1.70. The number of hydrogen-bond acceptors (Lipinski definition) is 5. The first-order valence-electron chi connectivity index (χ1n) is 13.0. The number of methoxy groups -OCH3 is 1. The predicted molar refractivity (Wildman–Crippen MR) is 144 cm³/mol. The molecule has 0 bridgehead atoms. The van der Waals surface area contributed by atoms with Crippen LogP contribution in [0.4, 0.5) is 5.82 Å². The highest BCUT2D eigenvalue weighted by molar-refractivity contribution is 6.06. The number of carbonyl (C=O) groups is 1. The number of nitrogens with zero attached hydrogens (tertiary/aromatic N) is 3. The summed E-state index contributed by atoms with van der Waals surface area (Å²) in [6, 6.07) is 18.5. The Morgan fingerprint density at radius 3 is 2.72 bits per heavy atom. The van der Waals surface area contributed by atoms with Gasteiger partial charge in [0.2, 0.25) is 5.91 Å². The molecule has 2 heterocycles. The molecule has 7 nitrogen and oxygen atoms in total. The molecule has 1 saturated carbocycles. The third kappa shape index (κ3) is 4.93. The van der Waals surface area contributed by atoms with E-state index >= 15 is 0 Å². The number of carbonyl (C=O) groups excluding carboxylic acids is 1. The highest BCUT2D eigenvalue weighted by Crippen LogP contribution is 2.39. The minimum Gasteiger partial charge on any atom is -0.384 e. The summed E-state index contributed by atoms with van der Waals surface area (Å²) < 4.78 is 7.59. The van der Waals surface area contributed by atoms with E-state index in [0.29, 0.717) is 31.3 Å². The number of ether oxygens (including phenoxy) is 1. The number of amides is 1. The number of nitrogens with two attached hydrogens (primary N) is 1. The van der Waals surface area contributed by atoms with Gasteiger partial charge in [0, 0.05) is 37.9 Å². The lowest BCUT2D eigenvalue weighted by atomic mass is 9.88. The molecule has 5 rings (SSSR count). The van der Waals surface area contributed by atoms with Gasteiger partial charge in [-0.1, -0.05) is 55.0 Å². The molecule has 0 unspecified atom stereocenters. The Morgan fingerprint density at radius 2 is 1.89 bits per heavy atom. The third-order valence-electron chi connectivity index (χ3n) is 7.41. The van der Waals surface area contributed by atoms with Crippen molar-refractivity contribution >= 4 is 33.7 Å². The van der Waals surface area contributed by atoms with Crippen LogP contribution in [0.1, 0.15) is 49.4 Å². The third-order valence-corrected chi connectivity index (χ3v) is 7.41. The Balaban J connectivity index is 1.25. The van der Waals surface area contributed by atoms with E-state index in [1.165, 1.54) is 5.56 Å². The van der Waals surface area contributed by atoms with Crippen molar-refractivity contribution in [1.82, 2.24) is 19.9 Å². The molecule has 1 amide bonds. The van der Waals surface area contributed by atoms with Gasteiger partial charge in [-0.25, -0.2) is 9.97 Å². The van der Waals surface area contributed by atoms with Crippen LogP contribution in [0.2, 0.25) is 0 Å². The average Bonchev–Trinajstić information content (AvgIpc) is 3.54. The fraction of sp³-hybridized carbons (Fsp3) is 0.414. The molecule has 1 aliphatic carbocycles. The number of imidazole rings is 1. The second-order valence-electron chi connectivity index (χ2n) is 9.69. The van der Waals surface area contributed by atoms with E-state index in [9.17, 15) is 4.79 Å². The molecule has 7 heteroatoms. The van der Waals surface area contributed by atoms with E-state index in [4.69, 9.17) is 15.5 Å². The largest absolute Gasteiger partial charge is 0.384 e. The van der Waals surface area contributed by atoms with Gasteiger partial charge in [0.05, 0.1) is 17.6 Å². The molecule has 1 fully saturated rings. The normalized spacial score (nSPS) is 17.7. The number of fused-ring (bicyclic) bond motifs is 3. The second kappa shape index (κ2) is 11.1. The van der Waals surface area contributed by atoms with Crippen LogP contribution in [-0.4, -0.2) is 40.7 Å². The lowest BCUT2D eigenvalue weighted by molar-refractivity contribution is -0.125. The van der Waals surface area contributed by atoms with E-state index in [0.717, 1.165) is 66.4 Å².